The third-order valence-electron chi connectivity index (χ3n) is 7.43. The van der Waals surface area contributed by atoms with Gasteiger partial charge in [-0.3, -0.25) is 0 Å². The first-order valence-electron chi connectivity index (χ1n) is 13.3. The van der Waals surface area contributed by atoms with Gasteiger partial charge in [0, 0.05) is 29.8 Å². The van der Waals surface area contributed by atoms with Crippen molar-refractivity contribution in [2.45, 2.75) is 102 Å². The van der Waals surface area contributed by atoms with E-state index in [1.807, 2.05) is 39.5 Å². The van der Waals surface area contributed by atoms with E-state index >= 15 is 0 Å². The molecule has 0 aromatic carbocycles. The molecule has 0 aliphatic carbocycles. The maximum Gasteiger partial charge on any atom is 0.410 e. The van der Waals surface area contributed by atoms with Crippen LogP contribution in [0.2, 0.25) is 0 Å². The van der Waals surface area contributed by atoms with Crippen LogP contribution in [-0.2, 0) is 9.47 Å². The molecular formula is C26H36F2N6O4. The van der Waals surface area contributed by atoms with Gasteiger partial charge in [-0.05, 0) is 52.4 Å². The van der Waals surface area contributed by atoms with Crippen LogP contribution in [0.3, 0.4) is 0 Å². The van der Waals surface area contributed by atoms with Gasteiger partial charge >= 0.3 is 12.2 Å². The molecule has 2 aromatic rings. The fraction of sp³-hybridized carbons (Fsp3) is 0.692. The SMILES string of the molecule is CC(C)c1cnn2c(NC3CC4CCC(C3)N4C(=O)OC3CN(C(=O)OC(C)(C)C)C3)cc(C(F)F)nc12. The molecule has 208 valence electrons. The molecule has 5 heterocycles. The largest absolute Gasteiger partial charge is 0.444 e. The lowest BCUT2D eigenvalue weighted by Crippen LogP contribution is -2.58. The van der Waals surface area contributed by atoms with Crippen LogP contribution in [0.4, 0.5) is 24.2 Å². The predicted octanol–water partition coefficient (Wildman–Crippen LogP) is 4.95. The van der Waals surface area contributed by atoms with E-state index in [-0.39, 0.29) is 41.9 Å². The maximum atomic E-state index is 13.6. The highest BCUT2D eigenvalue weighted by Gasteiger charge is 2.46. The van der Waals surface area contributed by atoms with E-state index in [9.17, 15) is 18.4 Å². The van der Waals surface area contributed by atoms with Gasteiger partial charge < -0.3 is 24.6 Å². The van der Waals surface area contributed by atoms with E-state index in [1.165, 1.54) is 11.0 Å². The lowest BCUT2D eigenvalue weighted by molar-refractivity contribution is -0.0485. The van der Waals surface area contributed by atoms with Crippen molar-refractivity contribution >= 4 is 23.7 Å². The zero-order valence-corrected chi connectivity index (χ0v) is 22.5. The highest BCUT2D eigenvalue weighted by molar-refractivity contribution is 5.71. The number of likely N-dealkylation sites (tertiary alicyclic amines) is 1. The van der Waals surface area contributed by atoms with Gasteiger partial charge in [-0.2, -0.15) is 9.61 Å². The number of aromatic nitrogens is 3. The average Bonchev–Trinajstić information content (AvgIpc) is 3.33. The number of carbonyl (C=O) groups excluding carboxylic acids is 2. The Bertz CT molecular complexity index is 1190. The molecule has 1 N–H and O–H groups in total. The average molecular weight is 535 g/mol. The normalized spacial score (nSPS) is 23.8. The molecule has 0 radical (unpaired) electrons. The molecule has 2 aromatic heterocycles. The molecule has 5 rings (SSSR count). The quantitative estimate of drug-likeness (QED) is 0.579. The standard InChI is InChI=1S/C26H36F2N6O4/c1-14(2)19-11-29-34-21(10-20(22(27)28)31-23(19)34)30-15-8-16-6-7-17(9-15)33(16)25(36)37-18-12-32(13-18)24(35)38-26(3,4)5/h10-11,14-18,22,30H,6-9,12-13H2,1-5H3. The number of anilines is 1. The molecule has 2 bridgehead atoms. The minimum atomic E-state index is -2.69. The third kappa shape index (κ3) is 5.22. The highest BCUT2D eigenvalue weighted by Crippen LogP contribution is 2.38. The van der Waals surface area contributed by atoms with Gasteiger partial charge in [0.1, 0.15) is 23.2 Å². The van der Waals surface area contributed by atoms with Crippen LogP contribution in [0.5, 0.6) is 0 Å². The Balaban J connectivity index is 1.21. The summed E-state index contributed by atoms with van der Waals surface area (Å²) < 4.78 is 39.9. The van der Waals surface area contributed by atoms with Crippen LogP contribution < -0.4 is 5.32 Å². The van der Waals surface area contributed by atoms with Gasteiger partial charge in [0.05, 0.1) is 19.3 Å². The highest BCUT2D eigenvalue weighted by atomic mass is 19.3. The number of ether oxygens (including phenoxy) is 2. The summed E-state index contributed by atoms with van der Waals surface area (Å²) in [4.78, 5) is 32.7. The van der Waals surface area contributed by atoms with Crippen molar-refractivity contribution in [3.05, 3.63) is 23.5 Å². The van der Waals surface area contributed by atoms with Crippen molar-refractivity contribution in [1.82, 2.24) is 24.4 Å². The van der Waals surface area contributed by atoms with Crippen molar-refractivity contribution in [1.29, 1.82) is 0 Å². The molecule has 2 unspecified atom stereocenters. The van der Waals surface area contributed by atoms with E-state index in [0.29, 0.717) is 37.4 Å². The van der Waals surface area contributed by atoms with Crippen LogP contribution in [0.1, 0.15) is 83.9 Å². The number of carbonyl (C=O) groups is 2. The van der Waals surface area contributed by atoms with E-state index in [1.54, 1.807) is 10.7 Å². The monoisotopic (exact) mass is 534 g/mol. The number of fused-ring (bicyclic) bond motifs is 3. The Morgan fingerprint density at radius 2 is 1.76 bits per heavy atom. The second kappa shape index (κ2) is 9.85. The first-order valence-corrected chi connectivity index (χ1v) is 13.3. The molecule has 2 atom stereocenters. The molecule has 38 heavy (non-hydrogen) atoms. The third-order valence-corrected chi connectivity index (χ3v) is 7.43. The maximum absolute atomic E-state index is 13.6. The van der Waals surface area contributed by atoms with Crippen LogP contribution in [0.25, 0.3) is 5.65 Å². The molecule has 0 spiro atoms. The first kappa shape index (κ1) is 26.4. The van der Waals surface area contributed by atoms with E-state index < -0.39 is 18.1 Å². The molecule has 3 fully saturated rings. The number of nitrogens with one attached hydrogen (secondary N) is 1. The van der Waals surface area contributed by atoms with Gasteiger partial charge in [-0.1, -0.05) is 13.8 Å². The van der Waals surface area contributed by atoms with Gasteiger partial charge in [-0.15, -0.1) is 0 Å². The second-order valence-electron chi connectivity index (χ2n) is 11.9. The van der Waals surface area contributed by atoms with Gasteiger partial charge in [0.15, 0.2) is 5.65 Å². The van der Waals surface area contributed by atoms with Crippen molar-refractivity contribution in [3.63, 3.8) is 0 Å². The van der Waals surface area contributed by atoms with Crippen molar-refractivity contribution in [2.75, 3.05) is 18.4 Å². The summed E-state index contributed by atoms with van der Waals surface area (Å²) in [5.41, 5.74) is 0.389. The first-order chi connectivity index (χ1) is 17.9. The lowest BCUT2D eigenvalue weighted by Gasteiger charge is -2.42. The lowest BCUT2D eigenvalue weighted by atomic mass is 9.97. The summed E-state index contributed by atoms with van der Waals surface area (Å²) in [5.74, 6) is 0.576. The van der Waals surface area contributed by atoms with E-state index in [0.717, 1.165) is 18.4 Å². The van der Waals surface area contributed by atoms with Crippen molar-refractivity contribution in [2.24, 2.45) is 0 Å². The number of hydrogen-bond donors (Lipinski definition) is 1. The second-order valence-corrected chi connectivity index (χ2v) is 11.9. The summed E-state index contributed by atoms with van der Waals surface area (Å²) in [6.45, 7) is 10.0. The minimum absolute atomic E-state index is 0.00321. The van der Waals surface area contributed by atoms with Crippen LogP contribution in [-0.4, -0.2) is 79.5 Å². The van der Waals surface area contributed by atoms with Crippen molar-refractivity contribution in [3.8, 4) is 0 Å². The van der Waals surface area contributed by atoms with Crippen LogP contribution in [0, 0.1) is 0 Å². The number of rotatable bonds is 5. The Kier molecular flexibility index (Phi) is 6.85. The number of hydrogen-bond acceptors (Lipinski definition) is 7. The van der Waals surface area contributed by atoms with Gasteiger partial charge in [0.25, 0.3) is 6.43 Å². The Labute approximate surface area is 220 Å². The molecule has 12 heteroatoms. The molecule has 0 saturated carbocycles. The Morgan fingerprint density at radius 1 is 1.11 bits per heavy atom. The number of nitrogens with zero attached hydrogens (tertiary/aromatic N) is 5. The molecule has 2 amide bonds. The van der Waals surface area contributed by atoms with E-state index in [4.69, 9.17) is 9.47 Å². The summed E-state index contributed by atoms with van der Waals surface area (Å²) in [6.07, 6.45) is 0.942. The number of amides is 2. The molecule has 3 aliphatic rings. The Hall–Kier alpha value is -3.18. The van der Waals surface area contributed by atoms with Crippen LogP contribution >= 0.6 is 0 Å². The number of alkyl halides is 2. The predicted molar refractivity (Wildman–Crippen MR) is 135 cm³/mol. The molecular weight excluding hydrogens is 498 g/mol. The molecule has 10 nitrogen and oxygen atoms in total. The zero-order valence-electron chi connectivity index (χ0n) is 22.5. The summed E-state index contributed by atoms with van der Waals surface area (Å²) >= 11 is 0. The smallest absolute Gasteiger partial charge is 0.410 e. The molecule has 3 aliphatic heterocycles. The van der Waals surface area contributed by atoms with Gasteiger partial charge in [-0.25, -0.2) is 23.4 Å². The summed E-state index contributed by atoms with van der Waals surface area (Å²) in [6, 6.07) is 1.35. The Morgan fingerprint density at radius 3 is 2.34 bits per heavy atom. The van der Waals surface area contributed by atoms with E-state index in [2.05, 4.69) is 15.4 Å². The van der Waals surface area contributed by atoms with Crippen molar-refractivity contribution < 1.29 is 27.8 Å². The number of piperidine rings is 1. The number of halogens is 2. The topological polar surface area (TPSA) is 101 Å². The summed E-state index contributed by atoms with van der Waals surface area (Å²) in [5, 5.41) is 7.84. The summed E-state index contributed by atoms with van der Waals surface area (Å²) in [7, 11) is 0. The minimum Gasteiger partial charge on any atom is -0.444 e. The zero-order chi connectivity index (χ0) is 27.4. The van der Waals surface area contributed by atoms with Gasteiger partial charge in [0.2, 0.25) is 0 Å². The fourth-order valence-electron chi connectivity index (χ4n) is 5.61. The fourth-order valence-corrected chi connectivity index (χ4v) is 5.61. The van der Waals surface area contributed by atoms with Crippen LogP contribution in [0.15, 0.2) is 12.3 Å². The molecule has 3 saturated heterocycles.